The molecule has 1 fully saturated rings. The van der Waals surface area contributed by atoms with Crippen LogP contribution in [0.3, 0.4) is 0 Å². The molecule has 8 nitrogen and oxygen atoms in total. The van der Waals surface area contributed by atoms with E-state index >= 15 is 0 Å². The summed E-state index contributed by atoms with van der Waals surface area (Å²) in [4.78, 5) is 32.6. The minimum Gasteiger partial charge on any atom is -0.492 e. The summed E-state index contributed by atoms with van der Waals surface area (Å²) in [6.45, 7) is 12.1. The number of nitrogens with zero attached hydrogens (tertiary/aromatic N) is 3. The summed E-state index contributed by atoms with van der Waals surface area (Å²) < 4.78 is 7.51. The Morgan fingerprint density at radius 1 is 1.24 bits per heavy atom. The van der Waals surface area contributed by atoms with Gasteiger partial charge in [0, 0.05) is 43.8 Å². The molecule has 0 unspecified atom stereocenters. The lowest BCUT2D eigenvalue weighted by Gasteiger charge is -2.37. The van der Waals surface area contributed by atoms with E-state index in [4.69, 9.17) is 4.74 Å². The summed E-state index contributed by atoms with van der Waals surface area (Å²) in [6.07, 6.45) is 1.52. The number of benzene rings is 2. The van der Waals surface area contributed by atoms with Crippen molar-refractivity contribution in [1.29, 1.82) is 0 Å². The molecule has 1 amide bonds. The van der Waals surface area contributed by atoms with Gasteiger partial charge < -0.3 is 15.4 Å². The average molecular weight is 464 g/mol. The summed E-state index contributed by atoms with van der Waals surface area (Å²) in [5.74, 6) is 0.474. The molecular formula is C26H33N5O3. The van der Waals surface area contributed by atoms with Gasteiger partial charge in [0.05, 0.1) is 16.6 Å². The van der Waals surface area contributed by atoms with Crippen LogP contribution in [0.5, 0.6) is 5.75 Å². The molecule has 34 heavy (non-hydrogen) atoms. The molecular weight excluding hydrogens is 430 g/mol. The van der Waals surface area contributed by atoms with Crippen molar-refractivity contribution in [3.8, 4) is 11.4 Å². The van der Waals surface area contributed by atoms with E-state index in [-0.39, 0.29) is 11.5 Å². The van der Waals surface area contributed by atoms with Gasteiger partial charge in [0.1, 0.15) is 18.7 Å². The second-order valence-electron chi connectivity index (χ2n) is 8.96. The van der Waals surface area contributed by atoms with Gasteiger partial charge in [-0.1, -0.05) is 6.07 Å². The maximum Gasteiger partial charge on any atom is 0.265 e. The second kappa shape index (κ2) is 10.4. The molecule has 0 bridgehead atoms. The number of fused-ring (bicyclic) bond motifs is 1. The highest BCUT2D eigenvalue weighted by atomic mass is 16.5. The lowest BCUT2D eigenvalue weighted by atomic mass is 10.1. The normalized spacial score (nSPS) is 18.7. The minimum absolute atomic E-state index is 0.172. The molecule has 1 aliphatic heterocycles. The fourth-order valence-electron chi connectivity index (χ4n) is 4.32. The maximum atomic E-state index is 13.4. The molecule has 1 saturated heterocycles. The summed E-state index contributed by atoms with van der Waals surface area (Å²) in [7, 11) is 0. The van der Waals surface area contributed by atoms with Crippen molar-refractivity contribution in [1.82, 2.24) is 25.1 Å². The highest BCUT2D eigenvalue weighted by Crippen LogP contribution is 2.20. The third-order valence-corrected chi connectivity index (χ3v) is 6.34. The third-order valence-electron chi connectivity index (χ3n) is 6.34. The van der Waals surface area contributed by atoms with Crippen molar-refractivity contribution in [2.45, 2.75) is 39.8 Å². The quantitative estimate of drug-likeness (QED) is 0.560. The number of aromatic nitrogens is 2. The first-order valence-corrected chi connectivity index (χ1v) is 11.9. The first-order chi connectivity index (χ1) is 16.4. The molecule has 4 rings (SSSR count). The molecule has 1 aromatic heterocycles. The van der Waals surface area contributed by atoms with Crippen LogP contribution in [0.1, 0.15) is 36.7 Å². The van der Waals surface area contributed by atoms with Crippen molar-refractivity contribution in [2.75, 3.05) is 32.8 Å². The number of ether oxygens (including phenoxy) is 1. The van der Waals surface area contributed by atoms with Crippen LogP contribution < -0.4 is 20.9 Å². The monoisotopic (exact) mass is 463 g/mol. The lowest BCUT2D eigenvalue weighted by molar-refractivity contribution is 0.0956. The average Bonchev–Trinajstić information content (AvgIpc) is 2.82. The van der Waals surface area contributed by atoms with E-state index < -0.39 is 0 Å². The van der Waals surface area contributed by atoms with Crippen molar-refractivity contribution in [3.05, 3.63) is 64.2 Å². The molecule has 0 spiro atoms. The van der Waals surface area contributed by atoms with Gasteiger partial charge in [0.15, 0.2) is 0 Å². The largest absolute Gasteiger partial charge is 0.492 e. The molecule has 0 saturated carbocycles. The molecule has 2 N–H and O–H groups in total. The Kier molecular flexibility index (Phi) is 7.29. The van der Waals surface area contributed by atoms with E-state index in [1.807, 2.05) is 32.0 Å². The third kappa shape index (κ3) is 5.13. The van der Waals surface area contributed by atoms with Crippen molar-refractivity contribution < 1.29 is 9.53 Å². The number of carbonyl (C=O) groups is 1. The molecule has 8 heteroatoms. The second-order valence-corrected chi connectivity index (χ2v) is 8.96. The number of carbonyl (C=O) groups excluding carboxylic acids is 1. The number of rotatable bonds is 7. The Morgan fingerprint density at radius 3 is 2.85 bits per heavy atom. The van der Waals surface area contributed by atoms with E-state index in [9.17, 15) is 9.59 Å². The van der Waals surface area contributed by atoms with Crippen LogP contribution >= 0.6 is 0 Å². The van der Waals surface area contributed by atoms with Gasteiger partial charge in [-0.25, -0.2) is 4.98 Å². The SMILES string of the molecule is CCNC(=O)c1ccc(C)c(-n2cnc3ccc(OCCN4C[C@@H](C)NC[C@@H]4C)cc3c2=O)c1. The Hall–Kier alpha value is -3.23. The molecule has 2 aromatic carbocycles. The molecule has 180 valence electrons. The van der Waals surface area contributed by atoms with Crippen LogP contribution in [0.15, 0.2) is 47.5 Å². The number of amides is 1. The van der Waals surface area contributed by atoms with E-state index in [0.29, 0.717) is 53.1 Å². The van der Waals surface area contributed by atoms with Crippen molar-refractivity contribution in [3.63, 3.8) is 0 Å². The van der Waals surface area contributed by atoms with Crippen molar-refractivity contribution in [2.24, 2.45) is 0 Å². The van der Waals surface area contributed by atoms with Gasteiger partial charge in [-0.2, -0.15) is 0 Å². The number of piperazine rings is 1. The Labute approximate surface area is 199 Å². The smallest absolute Gasteiger partial charge is 0.265 e. The number of aryl methyl sites for hydroxylation is 1. The zero-order chi connectivity index (χ0) is 24.2. The van der Waals surface area contributed by atoms with Crippen LogP contribution in [0.25, 0.3) is 16.6 Å². The summed E-state index contributed by atoms with van der Waals surface area (Å²) >= 11 is 0. The fourth-order valence-corrected chi connectivity index (χ4v) is 4.32. The molecule has 0 aliphatic carbocycles. The zero-order valence-electron chi connectivity index (χ0n) is 20.3. The van der Waals surface area contributed by atoms with Gasteiger partial charge in [-0.15, -0.1) is 0 Å². The van der Waals surface area contributed by atoms with Crippen LogP contribution in [0, 0.1) is 6.92 Å². The van der Waals surface area contributed by atoms with Gasteiger partial charge in [0.25, 0.3) is 11.5 Å². The van der Waals surface area contributed by atoms with Crippen LogP contribution in [0.4, 0.5) is 0 Å². The minimum atomic E-state index is -0.198. The van der Waals surface area contributed by atoms with Crippen LogP contribution in [-0.2, 0) is 0 Å². The Bertz CT molecular complexity index is 1240. The van der Waals surface area contributed by atoms with E-state index in [2.05, 4.69) is 34.4 Å². The standard InChI is InChI=1S/C26H33N5O3/c1-5-27-25(32)20-7-6-17(2)24(12-20)31-16-29-23-9-8-21(13-22(23)26(31)33)34-11-10-30-15-18(3)28-14-19(30)4/h6-9,12-13,16,18-19,28H,5,10-11,14-15H2,1-4H3,(H,27,32)/t18-,19+/m1/s1. The molecule has 3 aromatic rings. The van der Waals surface area contributed by atoms with E-state index in [0.717, 1.165) is 25.2 Å². The highest BCUT2D eigenvalue weighted by molar-refractivity contribution is 5.94. The zero-order valence-corrected chi connectivity index (χ0v) is 20.3. The van der Waals surface area contributed by atoms with Gasteiger partial charge in [0.2, 0.25) is 0 Å². The van der Waals surface area contributed by atoms with E-state index in [1.165, 1.54) is 10.9 Å². The molecule has 2 heterocycles. The lowest BCUT2D eigenvalue weighted by Crippen LogP contribution is -2.55. The summed E-state index contributed by atoms with van der Waals surface area (Å²) in [5.41, 5.74) is 2.43. The first kappa shape index (κ1) is 23.9. The van der Waals surface area contributed by atoms with Gasteiger partial charge in [-0.05, 0) is 63.6 Å². The topological polar surface area (TPSA) is 88.5 Å². The number of hydrogen-bond acceptors (Lipinski definition) is 6. The highest BCUT2D eigenvalue weighted by Gasteiger charge is 2.21. The molecule has 2 atom stereocenters. The van der Waals surface area contributed by atoms with Crippen molar-refractivity contribution >= 4 is 16.8 Å². The van der Waals surface area contributed by atoms with Crippen LogP contribution in [-0.4, -0.2) is 65.2 Å². The Morgan fingerprint density at radius 2 is 2.06 bits per heavy atom. The predicted octanol–water partition coefficient (Wildman–Crippen LogP) is 2.50. The summed E-state index contributed by atoms with van der Waals surface area (Å²) in [5, 5.41) is 6.76. The molecule has 1 aliphatic rings. The number of nitrogens with one attached hydrogen (secondary N) is 2. The van der Waals surface area contributed by atoms with Gasteiger partial charge >= 0.3 is 0 Å². The van der Waals surface area contributed by atoms with Gasteiger partial charge in [-0.3, -0.25) is 19.1 Å². The Balaban J connectivity index is 1.57. The first-order valence-electron chi connectivity index (χ1n) is 11.9. The van der Waals surface area contributed by atoms with E-state index in [1.54, 1.807) is 18.2 Å². The molecule has 0 radical (unpaired) electrons. The summed E-state index contributed by atoms with van der Waals surface area (Å²) in [6, 6.07) is 11.7. The fraction of sp³-hybridized carbons (Fsp3) is 0.423. The predicted molar refractivity (Wildman–Crippen MR) is 134 cm³/mol. The maximum absolute atomic E-state index is 13.4. The number of hydrogen-bond donors (Lipinski definition) is 2. The van der Waals surface area contributed by atoms with Crippen LogP contribution in [0.2, 0.25) is 0 Å².